The molecule has 0 radical (unpaired) electrons. The number of aromatic amines is 1. The van der Waals surface area contributed by atoms with Crippen molar-refractivity contribution in [2.75, 3.05) is 23.1 Å². The van der Waals surface area contributed by atoms with Gasteiger partial charge >= 0.3 is 0 Å². The van der Waals surface area contributed by atoms with Crippen LogP contribution in [0.25, 0.3) is 0 Å². The molecule has 0 spiro atoms. The molecule has 0 bridgehead atoms. The fourth-order valence-corrected chi connectivity index (χ4v) is 8.80. The average molecular weight is 587 g/mol. The third-order valence-electron chi connectivity index (χ3n) is 7.18. The summed E-state index contributed by atoms with van der Waals surface area (Å²) < 4.78 is 30.5. The SMILES string of the molecule is CS(=O)(=O)c1ccc(Nc2[nH]ncc2C(=O)NC2CCC(OCc3ccccc3)C(CC3SCCS3)C2)cc1. The number of amides is 1. The van der Waals surface area contributed by atoms with Crippen molar-refractivity contribution in [3.05, 3.63) is 71.9 Å². The molecule has 1 saturated carbocycles. The maximum absolute atomic E-state index is 13.3. The number of carbonyl (C=O) groups excluding carboxylic acids is 1. The molecule has 3 unspecified atom stereocenters. The summed E-state index contributed by atoms with van der Waals surface area (Å²) in [7, 11) is -3.28. The molecule has 8 nitrogen and oxygen atoms in total. The minimum atomic E-state index is -3.28. The molecule has 2 heterocycles. The molecular weight excluding hydrogens is 553 g/mol. The van der Waals surface area contributed by atoms with E-state index in [1.807, 2.05) is 41.7 Å². The van der Waals surface area contributed by atoms with Crippen LogP contribution in [0.5, 0.6) is 0 Å². The Morgan fingerprint density at radius 3 is 2.54 bits per heavy atom. The Kier molecular flexibility index (Phi) is 9.21. The molecule has 2 fully saturated rings. The molecule has 3 aromatic rings. The summed E-state index contributed by atoms with van der Waals surface area (Å²) >= 11 is 4.07. The number of hydrogen-bond acceptors (Lipinski definition) is 8. The Morgan fingerprint density at radius 2 is 1.82 bits per heavy atom. The molecule has 11 heteroatoms. The number of rotatable bonds is 10. The minimum absolute atomic E-state index is 0.0623. The molecular formula is C28H34N4O4S3. The fraction of sp³-hybridized carbons (Fsp3) is 0.429. The van der Waals surface area contributed by atoms with Crippen LogP contribution in [-0.2, 0) is 21.2 Å². The Labute approximate surface area is 238 Å². The highest BCUT2D eigenvalue weighted by atomic mass is 32.2. The molecule has 1 saturated heterocycles. The Balaban J connectivity index is 1.21. The summed E-state index contributed by atoms with van der Waals surface area (Å²) in [6.07, 6.45) is 6.61. The van der Waals surface area contributed by atoms with Gasteiger partial charge in [0.05, 0.1) is 28.4 Å². The number of H-pyrrole nitrogens is 1. The van der Waals surface area contributed by atoms with Gasteiger partial charge in [0.15, 0.2) is 9.84 Å². The van der Waals surface area contributed by atoms with E-state index in [2.05, 4.69) is 33.0 Å². The summed E-state index contributed by atoms with van der Waals surface area (Å²) in [5, 5.41) is 13.3. The maximum atomic E-state index is 13.3. The topological polar surface area (TPSA) is 113 Å². The van der Waals surface area contributed by atoms with E-state index < -0.39 is 9.84 Å². The summed E-state index contributed by atoms with van der Waals surface area (Å²) in [5.41, 5.74) is 2.26. The predicted octanol–water partition coefficient (Wildman–Crippen LogP) is 5.24. The number of benzene rings is 2. The van der Waals surface area contributed by atoms with Crippen LogP contribution in [0, 0.1) is 5.92 Å². The van der Waals surface area contributed by atoms with E-state index >= 15 is 0 Å². The number of sulfone groups is 1. The van der Waals surface area contributed by atoms with Crippen molar-refractivity contribution in [2.24, 2.45) is 5.92 Å². The monoisotopic (exact) mass is 586 g/mol. The lowest BCUT2D eigenvalue weighted by atomic mass is 9.81. The number of nitrogens with one attached hydrogen (secondary N) is 3. The molecule has 39 heavy (non-hydrogen) atoms. The van der Waals surface area contributed by atoms with Gasteiger partial charge in [0.25, 0.3) is 5.91 Å². The van der Waals surface area contributed by atoms with Crippen molar-refractivity contribution in [1.29, 1.82) is 0 Å². The summed E-state index contributed by atoms with van der Waals surface area (Å²) in [4.78, 5) is 13.5. The molecule has 1 aliphatic carbocycles. The highest BCUT2D eigenvalue weighted by Crippen LogP contribution is 2.41. The van der Waals surface area contributed by atoms with Crippen molar-refractivity contribution in [3.63, 3.8) is 0 Å². The first kappa shape index (κ1) is 28.1. The second-order valence-corrected chi connectivity index (χ2v) is 15.0. The van der Waals surface area contributed by atoms with Gasteiger partial charge in [0.1, 0.15) is 11.4 Å². The minimum Gasteiger partial charge on any atom is -0.373 e. The third-order valence-corrected chi connectivity index (χ3v) is 11.4. The number of anilines is 2. The highest BCUT2D eigenvalue weighted by Gasteiger charge is 2.35. The second kappa shape index (κ2) is 12.8. The lowest BCUT2D eigenvalue weighted by Crippen LogP contribution is -2.43. The number of thioether (sulfide) groups is 2. The Bertz CT molecular complexity index is 1340. The molecule has 2 aromatic carbocycles. The van der Waals surface area contributed by atoms with Crippen molar-refractivity contribution in [2.45, 2.75) is 53.9 Å². The van der Waals surface area contributed by atoms with E-state index in [1.165, 1.54) is 41.7 Å². The van der Waals surface area contributed by atoms with Crippen LogP contribution in [0.15, 0.2) is 65.7 Å². The van der Waals surface area contributed by atoms with Crippen molar-refractivity contribution < 1.29 is 17.9 Å². The zero-order valence-electron chi connectivity index (χ0n) is 21.8. The van der Waals surface area contributed by atoms with Crippen LogP contribution in [0.1, 0.15) is 41.6 Å². The second-order valence-electron chi connectivity index (χ2n) is 10.1. The van der Waals surface area contributed by atoms with Crippen LogP contribution in [0.2, 0.25) is 0 Å². The number of aromatic nitrogens is 2. The number of hydrogen-bond donors (Lipinski definition) is 3. The smallest absolute Gasteiger partial charge is 0.256 e. The summed E-state index contributed by atoms with van der Waals surface area (Å²) in [6.45, 7) is 0.610. The normalized spacial score (nSPS) is 22.0. The summed E-state index contributed by atoms with van der Waals surface area (Å²) in [5.74, 6) is 3.06. The van der Waals surface area contributed by atoms with Crippen LogP contribution in [-0.4, -0.2) is 59.0 Å². The first-order valence-corrected chi connectivity index (χ1v) is 17.1. The molecule has 208 valence electrons. The van der Waals surface area contributed by atoms with Gasteiger partial charge in [-0.25, -0.2) is 8.42 Å². The standard InChI is InChI=1S/C28H34N4O4S3/c1-39(34,35)23-10-7-21(8-11-23)30-27-24(17-29-32-27)28(33)31-22-9-12-25(36-18-19-5-3-2-4-6-19)20(15-22)16-26-37-13-14-38-26/h2-8,10-11,17,20,22,25-26H,9,12-16,18H2,1H3,(H,31,33)(H2,29,30,32). The van der Waals surface area contributed by atoms with Crippen LogP contribution in [0.4, 0.5) is 11.5 Å². The van der Waals surface area contributed by atoms with Crippen LogP contribution < -0.4 is 10.6 Å². The lowest BCUT2D eigenvalue weighted by Gasteiger charge is -2.37. The van der Waals surface area contributed by atoms with Crippen LogP contribution in [0.3, 0.4) is 0 Å². The van der Waals surface area contributed by atoms with E-state index in [4.69, 9.17) is 4.74 Å². The Hall–Kier alpha value is -2.47. The zero-order valence-corrected chi connectivity index (χ0v) is 24.3. The fourth-order valence-electron chi connectivity index (χ4n) is 5.15. The molecule has 3 atom stereocenters. The van der Waals surface area contributed by atoms with Gasteiger partial charge in [-0.3, -0.25) is 9.89 Å². The van der Waals surface area contributed by atoms with Gasteiger partial charge in [-0.2, -0.15) is 5.10 Å². The van der Waals surface area contributed by atoms with Crippen molar-refractivity contribution in [1.82, 2.24) is 15.5 Å². The first-order chi connectivity index (χ1) is 18.8. The molecule has 2 aliphatic rings. The molecule has 1 amide bonds. The molecule has 3 N–H and O–H groups in total. The van der Waals surface area contributed by atoms with Gasteiger partial charge in [0, 0.05) is 29.5 Å². The maximum Gasteiger partial charge on any atom is 0.256 e. The average Bonchev–Trinajstić information content (AvgIpc) is 3.61. The molecule has 5 rings (SSSR count). The van der Waals surface area contributed by atoms with E-state index in [9.17, 15) is 13.2 Å². The summed E-state index contributed by atoms with van der Waals surface area (Å²) in [6, 6.07) is 16.8. The van der Waals surface area contributed by atoms with E-state index in [0.29, 0.717) is 34.2 Å². The number of ether oxygens (including phenoxy) is 1. The molecule has 1 aromatic heterocycles. The van der Waals surface area contributed by atoms with Crippen molar-refractivity contribution >= 4 is 50.8 Å². The zero-order chi connectivity index (χ0) is 27.2. The van der Waals surface area contributed by atoms with Gasteiger partial charge in [-0.1, -0.05) is 30.3 Å². The Morgan fingerprint density at radius 1 is 1.08 bits per heavy atom. The third kappa shape index (κ3) is 7.59. The first-order valence-electron chi connectivity index (χ1n) is 13.2. The largest absolute Gasteiger partial charge is 0.373 e. The van der Waals surface area contributed by atoms with E-state index in [1.54, 1.807) is 12.1 Å². The number of nitrogens with zero attached hydrogens (tertiary/aromatic N) is 1. The highest BCUT2D eigenvalue weighted by molar-refractivity contribution is 8.20. The van der Waals surface area contributed by atoms with Gasteiger partial charge < -0.3 is 15.4 Å². The molecule has 1 aliphatic heterocycles. The number of carbonyl (C=O) groups is 1. The van der Waals surface area contributed by atoms with E-state index in [0.717, 1.165) is 25.7 Å². The van der Waals surface area contributed by atoms with Gasteiger partial charge in [0.2, 0.25) is 0 Å². The quantitative estimate of drug-likeness (QED) is 0.296. The predicted molar refractivity (Wildman–Crippen MR) is 158 cm³/mol. The van der Waals surface area contributed by atoms with Gasteiger partial charge in [-0.05, 0) is 61.4 Å². The van der Waals surface area contributed by atoms with Gasteiger partial charge in [-0.15, -0.1) is 23.5 Å². The lowest BCUT2D eigenvalue weighted by molar-refractivity contribution is -0.0282. The van der Waals surface area contributed by atoms with Crippen molar-refractivity contribution in [3.8, 4) is 0 Å². The van der Waals surface area contributed by atoms with Crippen LogP contribution >= 0.6 is 23.5 Å². The van der Waals surface area contributed by atoms with E-state index in [-0.39, 0.29) is 22.9 Å².